The number of rotatable bonds is 7. The number of halogens is 3. The Morgan fingerprint density at radius 2 is 1.77 bits per heavy atom. The predicted octanol–water partition coefficient (Wildman–Crippen LogP) is 2.98. The summed E-state index contributed by atoms with van der Waals surface area (Å²) in [6.07, 6.45) is -1.29. The van der Waals surface area contributed by atoms with E-state index in [9.17, 15) is 22.0 Å². The van der Waals surface area contributed by atoms with E-state index in [2.05, 4.69) is 5.32 Å². The number of hydrogen-bond acceptors (Lipinski definition) is 5. The van der Waals surface area contributed by atoms with Gasteiger partial charge in [-0.25, -0.2) is 13.6 Å². The Morgan fingerprint density at radius 3 is 2.19 bits per heavy atom. The molecule has 0 spiro atoms. The molecule has 10 heteroatoms. The third-order valence-electron chi connectivity index (χ3n) is 2.98. The third-order valence-corrected chi connectivity index (χ3v) is 3.88. The number of carbonyl (C=O) groups is 1. The molecule has 0 bridgehead atoms. The van der Waals surface area contributed by atoms with Gasteiger partial charge in [-0.15, -0.1) is 11.6 Å². The molecule has 6 nitrogen and oxygen atoms in total. The van der Waals surface area contributed by atoms with E-state index in [0.29, 0.717) is 6.07 Å². The molecule has 26 heavy (non-hydrogen) atoms. The zero-order valence-electron chi connectivity index (χ0n) is 14.9. The van der Waals surface area contributed by atoms with E-state index in [-0.39, 0.29) is 17.9 Å². The molecular formula is C16H22ClF2NO5S. The van der Waals surface area contributed by atoms with Crippen LogP contribution in [0.5, 0.6) is 0 Å². The highest BCUT2D eigenvalue weighted by Gasteiger charge is 2.29. The molecule has 148 valence electrons. The number of carbonyl (C=O) groups excluding carboxylic acids is 1. The van der Waals surface area contributed by atoms with Gasteiger partial charge in [0.15, 0.2) is 0 Å². The summed E-state index contributed by atoms with van der Waals surface area (Å²) in [7, 11) is -3.88. The molecule has 0 saturated carbocycles. The van der Waals surface area contributed by atoms with Crippen LogP contribution in [0.15, 0.2) is 18.2 Å². The van der Waals surface area contributed by atoms with Crippen LogP contribution in [-0.2, 0) is 25.5 Å². The molecule has 0 aliphatic heterocycles. The fraction of sp³-hybridized carbons (Fsp3) is 0.562. The maximum Gasteiger partial charge on any atom is 0.407 e. The quantitative estimate of drug-likeness (QED) is 0.549. The van der Waals surface area contributed by atoms with E-state index in [1.54, 1.807) is 20.8 Å². The van der Waals surface area contributed by atoms with Gasteiger partial charge < -0.3 is 10.1 Å². The van der Waals surface area contributed by atoms with Gasteiger partial charge in [-0.05, 0) is 44.9 Å². The molecule has 0 aliphatic rings. The topological polar surface area (TPSA) is 81.7 Å². The first-order valence-corrected chi connectivity index (χ1v) is 10.0. The second-order valence-electron chi connectivity index (χ2n) is 6.73. The number of alkyl carbamates (subject to hydrolysis) is 1. The SMILES string of the molecule is CC(C)(C)OC(=O)N[C@@H](Cc1cc(F)cc(F)c1)[C@@H](CCl)OS(C)(=O)=O. The van der Waals surface area contributed by atoms with Crippen LogP contribution >= 0.6 is 11.6 Å². The van der Waals surface area contributed by atoms with Crippen LogP contribution in [0, 0.1) is 11.6 Å². The molecule has 0 fully saturated rings. The fourth-order valence-corrected chi connectivity index (χ4v) is 3.15. The number of alkyl halides is 1. The highest BCUT2D eigenvalue weighted by Crippen LogP contribution is 2.16. The van der Waals surface area contributed by atoms with Gasteiger partial charge in [0, 0.05) is 6.07 Å². The van der Waals surface area contributed by atoms with Crippen molar-refractivity contribution in [1.82, 2.24) is 5.32 Å². The number of nitrogens with one attached hydrogen (secondary N) is 1. The largest absolute Gasteiger partial charge is 0.444 e. The fourth-order valence-electron chi connectivity index (χ4n) is 2.14. The lowest BCUT2D eigenvalue weighted by Crippen LogP contribution is -2.49. The summed E-state index contributed by atoms with van der Waals surface area (Å²) in [6.45, 7) is 4.95. The van der Waals surface area contributed by atoms with Crippen molar-refractivity contribution in [3.63, 3.8) is 0 Å². The molecule has 1 rings (SSSR count). The normalized spacial score (nSPS) is 14.6. The van der Waals surface area contributed by atoms with Crippen molar-refractivity contribution in [3.05, 3.63) is 35.4 Å². The van der Waals surface area contributed by atoms with Gasteiger partial charge in [-0.1, -0.05) is 0 Å². The molecule has 0 saturated heterocycles. The summed E-state index contributed by atoms with van der Waals surface area (Å²) in [6, 6.07) is 1.83. The Labute approximate surface area is 156 Å². The van der Waals surface area contributed by atoms with Crippen LogP contribution in [-0.4, -0.2) is 44.4 Å². The minimum absolute atomic E-state index is 0.124. The third kappa shape index (κ3) is 8.77. The average molecular weight is 414 g/mol. The van der Waals surface area contributed by atoms with Gasteiger partial charge in [0.25, 0.3) is 10.1 Å². The van der Waals surface area contributed by atoms with Crippen molar-refractivity contribution in [3.8, 4) is 0 Å². The first-order valence-electron chi connectivity index (χ1n) is 7.68. The van der Waals surface area contributed by atoms with Crippen LogP contribution in [0.2, 0.25) is 0 Å². The molecule has 0 heterocycles. The molecule has 1 aromatic rings. The van der Waals surface area contributed by atoms with E-state index in [0.717, 1.165) is 18.4 Å². The maximum absolute atomic E-state index is 13.4. The molecule has 0 aromatic heterocycles. The molecule has 0 aliphatic carbocycles. The van der Waals surface area contributed by atoms with Crippen molar-refractivity contribution in [2.24, 2.45) is 0 Å². The van der Waals surface area contributed by atoms with Crippen LogP contribution < -0.4 is 5.32 Å². The van der Waals surface area contributed by atoms with E-state index < -0.39 is 45.6 Å². The smallest absolute Gasteiger partial charge is 0.407 e. The van der Waals surface area contributed by atoms with Crippen molar-refractivity contribution < 1.29 is 30.9 Å². The van der Waals surface area contributed by atoms with Crippen molar-refractivity contribution in [1.29, 1.82) is 0 Å². The van der Waals surface area contributed by atoms with E-state index in [1.807, 2.05) is 0 Å². The Kier molecular flexibility index (Phi) is 7.79. The van der Waals surface area contributed by atoms with Gasteiger partial charge in [-0.3, -0.25) is 4.18 Å². The van der Waals surface area contributed by atoms with Gasteiger partial charge in [-0.2, -0.15) is 8.42 Å². The van der Waals surface area contributed by atoms with Crippen molar-refractivity contribution in [2.45, 2.75) is 44.9 Å². The zero-order valence-corrected chi connectivity index (χ0v) is 16.5. The molecule has 0 unspecified atom stereocenters. The Morgan fingerprint density at radius 1 is 1.23 bits per heavy atom. The summed E-state index contributed by atoms with van der Waals surface area (Å²) >= 11 is 5.78. The van der Waals surface area contributed by atoms with Crippen LogP contribution in [0.1, 0.15) is 26.3 Å². The van der Waals surface area contributed by atoms with Crippen LogP contribution in [0.25, 0.3) is 0 Å². The first kappa shape index (κ1) is 22.6. The van der Waals surface area contributed by atoms with Crippen molar-refractivity contribution >= 4 is 27.8 Å². The maximum atomic E-state index is 13.4. The second kappa shape index (κ2) is 8.96. The minimum Gasteiger partial charge on any atom is -0.444 e. The molecule has 2 atom stereocenters. The number of benzene rings is 1. The predicted molar refractivity (Wildman–Crippen MR) is 93.7 cm³/mol. The van der Waals surface area contributed by atoms with Crippen molar-refractivity contribution in [2.75, 3.05) is 12.1 Å². The van der Waals surface area contributed by atoms with E-state index in [1.165, 1.54) is 0 Å². The second-order valence-corrected chi connectivity index (χ2v) is 8.64. The molecule has 0 radical (unpaired) electrons. The first-order chi connectivity index (χ1) is 11.8. The molecule has 1 N–H and O–H groups in total. The Balaban J connectivity index is 3.08. The average Bonchev–Trinajstić information content (AvgIpc) is 2.39. The van der Waals surface area contributed by atoms with E-state index >= 15 is 0 Å². The lowest BCUT2D eigenvalue weighted by Gasteiger charge is -2.28. The highest BCUT2D eigenvalue weighted by molar-refractivity contribution is 7.86. The minimum atomic E-state index is -3.88. The van der Waals surface area contributed by atoms with Crippen LogP contribution in [0.3, 0.4) is 0 Å². The number of amides is 1. The monoisotopic (exact) mass is 413 g/mol. The van der Waals surface area contributed by atoms with Gasteiger partial charge in [0.2, 0.25) is 0 Å². The molecular weight excluding hydrogens is 392 g/mol. The highest BCUT2D eigenvalue weighted by atomic mass is 35.5. The lowest BCUT2D eigenvalue weighted by atomic mass is 10.0. The number of hydrogen-bond donors (Lipinski definition) is 1. The lowest BCUT2D eigenvalue weighted by molar-refractivity contribution is 0.0458. The summed E-state index contributed by atoms with van der Waals surface area (Å²) in [5.74, 6) is -1.89. The van der Waals surface area contributed by atoms with Gasteiger partial charge >= 0.3 is 6.09 Å². The standard InChI is InChI=1S/C16H22ClF2NO5S/c1-16(2,3)24-15(21)20-13(14(9-17)25-26(4,22)23)7-10-5-11(18)8-12(19)6-10/h5-6,8,13-14H,7,9H2,1-4H3,(H,20,21)/t13-,14+/m0/s1. The summed E-state index contributed by atoms with van der Waals surface area (Å²) < 4.78 is 59.7. The Hall–Kier alpha value is -1.45. The van der Waals surface area contributed by atoms with E-state index in [4.69, 9.17) is 20.5 Å². The summed E-state index contributed by atoms with van der Waals surface area (Å²) in [5.41, 5.74) is -0.607. The summed E-state index contributed by atoms with van der Waals surface area (Å²) in [4.78, 5) is 12.0. The zero-order chi connectivity index (χ0) is 20.1. The molecule has 1 amide bonds. The van der Waals surface area contributed by atoms with Gasteiger partial charge in [0.1, 0.15) is 23.3 Å². The van der Waals surface area contributed by atoms with Gasteiger partial charge in [0.05, 0.1) is 18.2 Å². The number of ether oxygens (including phenoxy) is 1. The molecule has 1 aromatic carbocycles. The Bertz CT molecular complexity index is 716. The summed E-state index contributed by atoms with van der Waals surface area (Å²) in [5, 5.41) is 2.45. The van der Waals surface area contributed by atoms with Crippen LogP contribution in [0.4, 0.5) is 13.6 Å².